The number of hydrogen-bond acceptors (Lipinski definition) is 4. The number of ether oxygens (including phenoxy) is 2. The molecule has 1 amide bonds. The van der Waals surface area contributed by atoms with Crippen molar-refractivity contribution in [3.63, 3.8) is 0 Å². The Hall–Kier alpha value is -4.18. The average Bonchev–Trinajstić information content (AvgIpc) is 3.14. The summed E-state index contributed by atoms with van der Waals surface area (Å²) in [6.45, 7) is 3.17. The average molecular weight is 547 g/mol. The number of nitrogens with one attached hydrogen (secondary N) is 1. The molecule has 0 aliphatic rings. The van der Waals surface area contributed by atoms with Gasteiger partial charge < -0.3 is 24.5 Å². The molecule has 198 valence electrons. The van der Waals surface area contributed by atoms with Gasteiger partial charge in [-0.2, -0.15) is 13.2 Å². The lowest BCUT2D eigenvalue weighted by atomic mass is 10.2. The van der Waals surface area contributed by atoms with Gasteiger partial charge in [-0.25, -0.2) is 0 Å². The number of hydrogen-bond donors (Lipinski definition) is 2. The van der Waals surface area contributed by atoms with Gasteiger partial charge in [-0.05, 0) is 80.6 Å². The third kappa shape index (κ3) is 5.86. The van der Waals surface area contributed by atoms with Gasteiger partial charge in [-0.1, -0.05) is 11.6 Å². The van der Waals surface area contributed by atoms with Gasteiger partial charge in [-0.3, -0.25) is 9.59 Å². The molecule has 0 aliphatic heterocycles. The van der Waals surface area contributed by atoms with Crippen molar-refractivity contribution in [3.8, 4) is 22.9 Å². The molecular weight excluding hydrogens is 525 g/mol. The van der Waals surface area contributed by atoms with Crippen LogP contribution in [0.4, 0.5) is 13.2 Å². The molecule has 11 heteroatoms. The molecule has 0 spiro atoms. The Balaban J connectivity index is 1.76. The molecule has 0 saturated heterocycles. The van der Waals surface area contributed by atoms with Crippen LogP contribution in [0.25, 0.3) is 16.6 Å². The summed E-state index contributed by atoms with van der Waals surface area (Å²) in [7, 11) is 0. The quantitative estimate of drug-likeness (QED) is 0.257. The molecule has 0 saturated carbocycles. The number of halogens is 4. The van der Waals surface area contributed by atoms with Crippen molar-refractivity contribution in [2.45, 2.75) is 26.1 Å². The van der Waals surface area contributed by atoms with Crippen LogP contribution < -0.4 is 14.8 Å². The van der Waals surface area contributed by atoms with E-state index in [0.717, 1.165) is 12.1 Å². The van der Waals surface area contributed by atoms with Crippen molar-refractivity contribution >= 4 is 34.4 Å². The lowest BCUT2D eigenvalue weighted by Gasteiger charge is -2.13. The highest BCUT2D eigenvalue weighted by atomic mass is 35.5. The molecule has 0 bridgehead atoms. The molecule has 1 heterocycles. The van der Waals surface area contributed by atoms with Crippen LogP contribution in [0.15, 0.2) is 66.7 Å². The number of carbonyl (C=O) groups excluding carboxylic acids is 1. The maximum absolute atomic E-state index is 13.0. The number of carboxylic acids is 1. The SMILES string of the molecule is CC(C)Oc1ccc(-n2c(C(=O)NCC(=O)O)c(Cl)c3cc(Oc4ccc(C(F)(F)F)cc4)ccc32)cc1. The summed E-state index contributed by atoms with van der Waals surface area (Å²) in [5.41, 5.74) is 0.289. The van der Waals surface area contributed by atoms with Crippen molar-refractivity contribution in [2.75, 3.05) is 6.54 Å². The van der Waals surface area contributed by atoms with E-state index in [2.05, 4.69) is 5.32 Å². The van der Waals surface area contributed by atoms with Crippen molar-refractivity contribution < 1.29 is 37.3 Å². The van der Waals surface area contributed by atoms with E-state index in [4.69, 9.17) is 26.2 Å². The van der Waals surface area contributed by atoms with E-state index in [-0.39, 0.29) is 28.3 Å². The number of rotatable bonds is 8. The van der Waals surface area contributed by atoms with Crippen LogP contribution in [0.2, 0.25) is 5.02 Å². The Kier molecular flexibility index (Phi) is 7.54. The van der Waals surface area contributed by atoms with Crippen LogP contribution in [0.1, 0.15) is 29.9 Å². The number of nitrogens with zero attached hydrogens (tertiary/aromatic N) is 1. The first-order valence-electron chi connectivity index (χ1n) is 11.4. The lowest BCUT2D eigenvalue weighted by molar-refractivity contribution is -0.138. The molecule has 4 rings (SSSR count). The zero-order valence-electron chi connectivity index (χ0n) is 20.2. The van der Waals surface area contributed by atoms with Gasteiger partial charge in [0.1, 0.15) is 29.5 Å². The second-order valence-electron chi connectivity index (χ2n) is 8.54. The molecule has 0 atom stereocenters. The Morgan fingerprint density at radius 3 is 2.16 bits per heavy atom. The van der Waals surface area contributed by atoms with E-state index in [1.54, 1.807) is 47.0 Å². The maximum Gasteiger partial charge on any atom is 0.416 e. The van der Waals surface area contributed by atoms with Crippen LogP contribution in [-0.4, -0.2) is 34.2 Å². The predicted octanol–water partition coefficient (Wildman–Crippen LogP) is 6.70. The van der Waals surface area contributed by atoms with E-state index in [0.29, 0.717) is 22.3 Å². The minimum atomic E-state index is -4.47. The molecule has 3 aromatic carbocycles. The second kappa shape index (κ2) is 10.7. The number of aliphatic carboxylic acids is 1. The van der Waals surface area contributed by atoms with Gasteiger partial charge in [0.15, 0.2) is 0 Å². The number of alkyl halides is 3. The smallest absolute Gasteiger partial charge is 0.416 e. The first-order chi connectivity index (χ1) is 17.9. The van der Waals surface area contributed by atoms with E-state index < -0.39 is 30.2 Å². The maximum atomic E-state index is 13.0. The van der Waals surface area contributed by atoms with Crippen molar-refractivity contribution in [1.29, 1.82) is 0 Å². The second-order valence-corrected chi connectivity index (χ2v) is 8.92. The van der Waals surface area contributed by atoms with Crippen molar-refractivity contribution in [3.05, 3.63) is 83.0 Å². The van der Waals surface area contributed by atoms with Crippen molar-refractivity contribution in [1.82, 2.24) is 9.88 Å². The summed E-state index contributed by atoms with van der Waals surface area (Å²) < 4.78 is 51.6. The normalized spacial score (nSPS) is 11.6. The fourth-order valence-electron chi connectivity index (χ4n) is 3.80. The summed E-state index contributed by atoms with van der Waals surface area (Å²) in [5, 5.41) is 11.8. The van der Waals surface area contributed by atoms with Gasteiger partial charge in [-0.15, -0.1) is 0 Å². The summed E-state index contributed by atoms with van der Waals surface area (Å²) in [6.07, 6.45) is -4.51. The Bertz CT molecular complexity index is 1480. The largest absolute Gasteiger partial charge is 0.491 e. The fraction of sp³-hybridized carbons (Fsp3) is 0.185. The number of carboxylic acid groups (broad SMARTS) is 1. The summed E-state index contributed by atoms with van der Waals surface area (Å²) in [5.74, 6) is -0.862. The van der Waals surface area contributed by atoms with Gasteiger partial charge in [0.2, 0.25) is 0 Å². The van der Waals surface area contributed by atoms with Crippen LogP contribution in [0, 0.1) is 0 Å². The van der Waals surface area contributed by atoms with Gasteiger partial charge in [0.25, 0.3) is 5.91 Å². The van der Waals surface area contributed by atoms with Crippen LogP contribution in [0.3, 0.4) is 0 Å². The first kappa shape index (κ1) is 26.9. The highest BCUT2D eigenvalue weighted by molar-refractivity contribution is 6.39. The predicted molar refractivity (Wildman–Crippen MR) is 136 cm³/mol. The third-order valence-electron chi connectivity index (χ3n) is 5.38. The molecule has 0 radical (unpaired) electrons. The number of fused-ring (bicyclic) bond motifs is 1. The topological polar surface area (TPSA) is 89.8 Å². The minimum absolute atomic E-state index is 0.00660. The Morgan fingerprint density at radius 2 is 1.58 bits per heavy atom. The van der Waals surface area contributed by atoms with Gasteiger partial charge in [0.05, 0.1) is 22.2 Å². The summed E-state index contributed by atoms with van der Waals surface area (Å²) in [4.78, 5) is 24.0. The molecule has 0 unspecified atom stereocenters. The van der Waals surface area contributed by atoms with E-state index in [1.165, 1.54) is 12.1 Å². The number of carbonyl (C=O) groups is 2. The zero-order valence-corrected chi connectivity index (χ0v) is 20.9. The molecule has 4 aromatic rings. The molecule has 0 aliphatic carbocycles. The number of aromatic nitrogens is 1. The van der Waals surface area contributed by atoms with Gasteiger partial charge in [0, 0.05) is 11.1 Å². The molecule has 1 aromatic heterocycles. The molecule has 2 N–H and O–H groups in total. The highest BCUT2D eigenvalue weighted by Gasteiger charge is 2.30. The van der Waals surface area contributed by atoms with Gasteiger partial charge >= 0.3 is 12.1 Å². The number of amides is 1. The minimum Gasteiger partial charge on any atom is -0.491 e. The first-order valence-corrected chi connectivity index (χ1v) is 11.8. The highest BCUT2D eigenvalue weighted by Crippen LogP contribution is 2.37. The summed E-state index contributed by atoms with van der Waals surface area (Å²) >= 11 is 6.63. The molecule has 0 fully saturated rings. The lowest BCUT2D eigenvalue weighted by Crippen LogP contribution is -2.30. The fourth-order valence-corrected chi connectivity index (χ4v) is 4.12. The molecule has 38 heavy (non-hydrogen) atoms. The monoisotopic (exact) mass is 546 g/mol. The Morgan fingerprint density at radius 1 is 0.974 bits per heavy atom. The standard InChI is InChI=1S/C27H22ClF3N2O5/c1-15(2)37-18-9-5-17(6-10-18)33-22-12-11-20(38-19-7-3-16(4-8-19)27(29,30)31)13-21(22)24(28)25(33)26(36)32-14-23(34)35/h3-13,15H,14H2,1-2H3,(H,32,36)(H,34,35). The number of benzene rings is 3. The summed E-state index contributed by atoms with van der Waals surface area (Å²) in [6, 6.07) is 15.9. The zero-order chi connectivity index (χ0) is 27.6. The van der Waals surface area contributed by atoms with E-state index in [9.17, 15) is 22.8 Å². The van der Waals surface area contributed by atoms with E-state index in [1.807, 2.05) is 13.8 Å². The van der Waals surface area contributed by atoms with E-state index >= 15 is 0 Å². The van der Waals surface area contributed by atoms with Crippen LogP contribution >= 0.6 is 11.6 Å². The molecule has 7 nitrogen and oxygen atoms in total. The van der Waals surface area contributed by atoms with Crippen LogP contribution in [0.5, 0.6) is 17.2 Å². The third-order valence-corrected chi connectivity index (χ3v) is 5.76. The molecular formula is C27H22ClF3N2O5. The van der Waals surface area contributed by atoms with Crippen molar-refractivity contribution in [2.24, 2.45) is 0 Å². The van der Waals surface area contributed by atoms with Crippen LogP contribution in [-0.2, 0) is 11.0 Å². The Labute approximate surface area is 220 Å².